The van der Waals surface area contributed by atoms with E-state index in [1.807, 2.05) is 51.1 Å². The molecule has 2 aromatic heterocycles. The fourth-order valence-corrected chi connectivity index (χ4v) is 4.09. The summed E-state index contributed by atoms with van der Waals surface area (Å²) in [5.41, 5.74) is 1.32. The highest BCUT2D eigenvalue weighted by atomic mass is 32.1. The molecule has 1 amide bonds. The minimum absolute atomic E-state index is 0.285. The first-order valence-electron chi connectivity index (χ1n) is 9.34. The van der Waals surface area contributed by atoms with E-state index < -0.39 is 12.1 Å². The number of benzene rings is 1. The van der Waals surface area contributed by atoms with Crippen LogP contribution in [0, 0.1) is 13.8 Å². The van der Waals surface area contributed by atoms with Crippen molar-refractivity contribution in [1.29, 1.82) is 0 Å². The van der Waals surface area contributed by atoms with E-state index in [0.717, 1.165) is 16.1 Å². The molecule has 0 bridgehead atoms. The molecule has 0 radical (unpaired) electrons. The second-order valence-corrected chi connectivity index (χ2v) is 7.89. The lowest BCUT2D eigenvalue weighted by Gasteiger charge is -2.24. The van der Waals surface area contributed by atoms with E-state index in [0.29, 0.717) is 16.8 Å². The second-order valence-electron chi connectivity index (χ2n) is 6.69. The van der Waals surface area contributed by atoms with Gasteiger partial charge >= 0.3 is 5.97 Å². The van der Waals surface area contributed by atoms with Gasteiger partial charge in [0.2, 0.25) is 0 Å². The number of esters is 1. The van der Waals surface area contributed by atoms with E-state index >= 15 is 0 Å². The van der Waals surface area contributed by atoms with Crippen LogP contribution in [0.2, 0.25) is 0 Å². The van der Waals surface area contributed by atoms with Gasteiger partial charge in [-0.15, -0.1) is 11.3 Å². The van der Waals surface area contributed by atoms with Crippen LogP contribution in [0.3, 0.4) is 0 Å². The van der Waals surface area contributed by atoms with Crippen LogP contribution in [-0.2, 0) is 20.9 Å². The molecular weight excluding hydrogens is 390 g/mol. The summed E-state index contributed by atoms with van der Waals surface area (Å²) in [7, 11) is 0. The number of thiophene rings is 1. The molecule has 29 heavy (non-hydrogen) atoms. The number of fused-ring (bicyclic) bond motifs is 1. The van der Waals surface area contributed by atoms with Crippen LogP contribution < -0.4 is 10.5 Å². The van der Waals surface area contributed by atoms with E-state index in [4.69, 9.17) is 4.74 Å². The summed E-state index contributed by atoms with van der Waals surface area (Å²) in [6.07, 6.45) is 0.371. The normalized spacial score (nSPS) is 12.0. The number of ether oxygens (including phenoxy) is 1. The van der Waals surface area contributed by atoms with Gasteiger partial charge in [-0.25, -0.2) is 4.98 Å². The Morgan fingerprint density at radius 1 is 1.24 bits per heavy atom. The first-order chi connectivity index (χ1) is 13.8. The summed E-state index contributed by atoms with van der Waals surface area (Å²) >= 11 is 1.45. The summed E-state index contributed by atoms with van der Waals surface area (Å²) in [4.78, 5) is 45.3. The van der Waals surface area contributed by atoms with Crippen molar-refractivity contribution in [1.82, 2.24) is 9.55 Å². The first-order valence-corrected chi connectivity index (χ1v) is 10.2. The number of amides is 1. The molecule has 0 spiro atoms. The quantitative estimate of drug-likeness (QED) is 0.580. The molecule has 1 atom stereocenters. The van der Waals surface area contributed by atoms with Gasteiger partial charge in [0.1, 0.15) is 11.4 Å². The number of aromatic nitrogens is 2. The molecule has 3 rings (SSSR count). The van der Waals surface area contributed by atoms with Crippen molar-refractivity contribution in [3.8, 4) is 0 Å². The van der Waals surface area contributed by atoms with Crippen LogP contribution in [0.5, 0.6) is 0 Å². The van der Waals surface area contributed by atoms with E-state index in [2.05, 4.69) is 4.98 Å². The zero-order valence-corrected chi connectivity index (χ0v) is 17.7. The number of para-hydroxylation sites is 1. The number of hydrogen-bond acceptors (Lipinski definition) is 6. The zero-order chi connectivity index (χ0) is 21.1. The molecule has 0 aliphatic heterocycles. The fourth-order valence-electron chi connectivity index (χ4n) is 3.10. The Kier molecular flexibility index (Phi) is 6.12. The number of aryl methyl sites for hydroxylation is 2. The second kappa shape index (κ2) is 8.57. The SMILES string of the molecule is CCN(C(=O)[C@@H](C)OC(=O)Cn1cnc2sc(C)c(C)c2c1=O)c1ccccc1. The number of anilines is 1. The van der Waals surface area contributed by atoms with Gasteiger partial charge in [-0.3, -0.25) is 19.0 Å². The van der Waals surface area contributed by atoms with Gasteiger partial charge in [0.25, 0.3) is 11.5 Å². The van der Waals surface area contributed by atoms with E-state index in [9.17, 15) is 14.4 Å². The monoisotopic (exact) mass is 413 g/mol. The molecule has 0 aliphatic carbocycles. The molecule has 0 fully saturated rings. The molecule has 0 N–H and O–H groups in total. The molecule has 152 valence electrons. The van der Waals surface area contributed by atoms with Crippen molar-refractivity contribution in [2.24, 2.45) is 0 Å². The maximum absolute atomic E-state index is 12.7. The number of likely N-dealkylation sites (N-methyl/N-ethyl adjacent to an activating group) is 1. The van der Waals surface area contributed by atoms with Gasteiger partial charge in [-0.2, -0.15) is 0 Å². The summed E-state index contributed by atoms with van der Waals surface area (Å²) in [5, 5.41) is 0.521. The van der Waals surface area contributed by atoms with Crippen LogP contribution in [0.15, 0.2) is 41.5 Å². The van der Waals surface area contributed by atoms with E-state index in [-0.39, 0.29) is 18.0 Å². The smallest absolute Gasteiger partial charge is 0.326 e. The Labute approximate surface area is 172 Å². The minimum atomic E-state index is -0.972. The lowest BCUT2D eigenvalue weighted by Crippen LogP contribution is -2.40. The van der Waals surface area contributed by atoms with Gasteiger partial charge in [-0.1, -0.05) is 18.2 Å². The maximum atomic E-state index is 12.7. The molecular formula is C21H23N3O4S. The van der Waals surface area contributed by atoms with Crippen molar-refractivity contribution in [3.05, 3.63) is 57.5 Å². The van der Waals surface area contributed by atoms with Crippen molar-refractivity contribution >= 4 is 39.1 Å². The fraction of sp³-hybridized carbons (Fsp3) is 0.333. The van der Waals surface area contributed by atoms with Gasteiger partial charge in [0.05, 0.1) is 11.7 Å². The van der Waals surface area contributed by atoms with Gasteiger partial charge in [0, 0.05) is 17.1 Å². The summed E-state index contributed by atoms with van der Waals surface area (Å²) in [6, 6.07) is 9.19. The van der Waals surface area contributed by atoms with Crippen LogP contribution in [0.4, 0.5) is 5.69 Å². The van der Waals surface area contributed by atoms with Crippen molar-refractivity contribution in [2.45, 2.75) is 40.3 Å². The lowest BCUT2D eigenvalue weighted by molar-refractivity contribution is -0.154. The van der Waals surface area contributed by atoms with E-state index in [1.165, 1.54) is 29.2 Å². The Morgan fingerprint density at radius 3 is 2.59 bits per heavy atom. The summed E-state index contributed by atoms with van der Waals surface area (Å²) in [6.45, 7) is 7.32. The van der Waals surface area contributed by atoms with Gasteiger partial charge in [-0.05, 0) is 45.4 Å². The third-order valence-electron chi connectivity index (χ3n) is 4.76. The molecule has 1 aromatic carbocycles. The third kappa shape index (κ3) is 4.22. The predicted octanol–water partition coefficient (Wildman–Crippen LogP) is 3.06. The lowest BCUT2D eigenvalue weighted by atomic mass is 10.2. The van der Waals surface area contributed by atoms with Crippen LogP contribution in [0.1, 0.15) is 24.3 Å². The topological polar surface area (TPSA) is 81.5 Å². The Bertz CT molecular complexity index is 1100. The molecule has 3 aromatic rings. The molecule has 7 nitrogen and oxygen atoms in total. The third-order valence-corrected chi connectivity index (χ3v) is 5.88. The van der Waals surface area contributed by atoms with Crippen molar-refractivity contribution in [3.63, 3.8) is 0 Å². The molecule has 2 heterocycles. The summed E-state index contributed by atoms with van der Waals surface area (Å²) < 4.78 is 6.53. The van der Waals surface area contributed by atoms with Crippen LogP contribution >= 0.6 is 11.3 Å². The molecule has 0 saturated heterocycles. The number of rotatable bonds is 6. The molecule has 8 heteroatoms. The van der Waals surface area contributed by atoms with Crippen LogP contribution in [-0.4, -0.2) is 34.1 Å². The highest BCUT2D eigenvalue weighted by Gasteiger charge is 2.24. The Morgan fingerprint density at radius 2 is 1.93 bits per heavy atom. The van der Waals surface area contributed by atoms with Crippen LogP contribution in [0.25, 0.3) is 10.2 Å². The number of hydrogen-bond donors (Lipinski definition) is 0. The maximum Gasteiger partial charge on any atom is 0.326 e. The largest absolute Gasteiger partial charge is 0.451 e. The first kappa shape index (κ1) is 20.7. The molecule has 0 saturated carbocycles. The van der Waals surface area contributed by atoms with Crippen molar-refractivity contribution in [2.75, 3.05) is 11.4 Å². The van der Waals surface area contributed by atoms with Gasteiger partial charge in [0.15, 0.2) is 6.10 Å². The predicted molar refractivity (Wildman–Crippen MR) is 113 cm³/mol. The average molecular weight is 413 g/mol. The Hall–Kier alpha value is -3.00. The average Bonchev–Trinajstić information content (AvgIpc) is 3.00. The number of carbonyl (C=O) groups excluding carboxylic acids is 2. The summed E-state index contributed by atoms with van der Waals surface area (Å²) in [5.74, 6) is -0.986. The highest BCUT2D eigenvalue weighted by molar-refractivity contribution is 7.18. The minimum Gasteiger partial charge on any atom is -0.451 e. The zero-order valence-electron chi connectivity index (χ0n) is 16.8. The number of carbonyl (C=O) groups is 2. The van der Waals surface area contributed by atoms with E-state index in [1.54, 1.807) is 4.90 Å². The Balaban J connectivity index is 1.72. The standard InChI is InChI=1S/C21H23N3O4S/c1-5-24(16-9-7-6-8-10-16)20(26)14(3)28-17(25)11-23-12-22-19-18(21(23)27)13(2)15(4)29-19/h6-10,12,14H,5,11H2,1-4H3/t14-/m1/s1. The van der Waals surface area contributed by atoms with Gasteiger partial charge < -0.3 is 9.64 Å². The molecule has 0 aliphatic rings. The number of nitrogens with zero attached hydrogens (tertiary/aromatic N) is 3. The molecule has 0 unspecified atom stereocenters. The highest BCUT2D eigenvalue weighted by Crippen LogP contribution is 2.25. The van der Waals surface area contributed by atoms with Crippen molar-refractivity contribution < 1.29 is 14.3 Å².